The number of aromatic nitrogens is 1. The van der Waals surface area contributed by atoms with E-state index in [0.717, 1.165) is 5.56 Å². The smallest absolute Gasteiger partial charge is 0.252 e. The molecule has 1 atom stereocenters. The summed E-state index contributed by atoms with van der Waals surface area (Å²) >= 11 is 0. The number of methoxy groups -OCH3 is 2. The van der Waals surface area contributed by atoms with Gasteiger partial charge in [0.2, 0.25) is 0 Å². The molecule has 0 bridgehead atoms. The maximum Gasteiger partial charge on any atom is 0.252 e. The van der Waals surface area contributed by atoms with Crippen LogP contribution in [-0.4, -0.2) is 24.7 Å². The van der Waals surface area contributed by atoms with Gasteiger partial charge in [0, 0.05) is 24.9 Å². The number of amides is 1. The van der Waals surface area contributed by atoms with Crippen molar-refractivity contribution < 1.29 is 14.3 Å². The molecule has 0 radical (unpaired) electrons. The van der Waals surface area contributed by atoms with Gasteiger partial charge in [0.05, 0.1) is 20.3 Å². The lowest BCUT2D eigenvalue weighted by Gasteiger charge is -2.16. The molecule has 2 aromatic rings. The Morgan fingerprint density at radius 3 is 2.43 bits per heavy atom. The SMILES string of the molecule is COc1ccc([C@H](C)NC(=O)c2ccn(C)c(=O)c2)cc1OC. The van der Waals surface area contributed by atoms with E-state index in [2.05, 4.69) is 5.32 Å². The zero-order valence-corrected chi connectivity index (χ0v) is 13.6. The molecule has 0 saturated heterocycles. The number of nitrogens with zero attached hydrogens (tertiary/aromatic N) is 1. The highest BCUT2D eigenvalue weighted by Crippen LogP contribution is 2.29. The maximum absolute atomic E-state index is 12.3. The standard InChI is InChI=1S/C17H20N2O4/c1-11(12-5-6-14(22-3)15(9-12)23-4)18-17(21)13-7-8-19(2)16(20)10-13/h5-11H,1-4H3,(H,18,21)/t11-/m0/s1. The number of benzene rings is 1. The monoisotopic (exact) mass is 316 g/mol. The Bertz CT molecular complexity index is 767. The number of aryl methyl sites for hydroxylation is 1. The largest absolute Gasteiger partial charge is 0.493 e. The minimum Gasteiger partial charge on any atom is -0.493 e. The first-order valence-corrected chi connectivity index (χ1v) is 7.15. The summed E-state index contributed by atoms with van der Waals surface area (Å²) in [5.41, 5.74) is 0.983. The molecule has 0 fully saturated rings. The second-order valence-electron chi connectivity index (χ2n) is 5.17. The summed E-state index contributed by atoms with van der Waals surface area (Å²) in [5.74, 6) is 0.922. The van der Waals surface area contributed by atoms with Gasteiger partial charge < -0.3 is 19.4 Å². The Morgan fingerprint density at radius 2 is 1.83 bits per heavy atom. The predicted octanol–water partition coefficient (Wildman–Crippen LogP) is 1.89. The van der Waals surface area contributed by atoms with Crippen LogP contribution in [0.2, 0.25) is 0 Å². The van der Waals surface area contributed by atoms with E-state index >= 15 is 0 Å². The van der Waals surface area contributed by atoms with Crippen molar-refractivity contribution in [2.75, 3.05) is 14.2 Å². The van der Waals surface area contributed by atoms with Gasteiger partial charge in [-0.05, 0) is 30.7 Å². The van der Waals surface area contributed by atoms with Gasteiger partial charge in [-0.2, -0.15) is 0 Å². The van der Waals surface area contributed by atoms with Crippen molar-refractivity contribution in [1.82, 2.24) is 9.88 Å². The van der Waals surface area contributed by atoms with Gasteiger partial charge in [0.1, 0.15) is 0 Å². The van der Waals surface area contributed by atoms with Crippen LogP contribution < -0.4 is 20.3 Å². The number of nitrogens with one attached hydrogen (secondary N) is 1. The molecule has 0 spiro atoms. The molecule has 1 aromatic heterocycles. The summed E-state index contributed by atoms with van der Waals surface area (Å²) in [6.45, 7) is 1.86. The molecule has 1 amide bonds. The molecule has 0 aliphatic rings. The summed E-state index contributed by atoms with van der Waals surface area (Å²) in [4.78, 5) is 23.9. The fourth-order valence-electron chi connectivity index (χ4n) is 2.18. The molecular weight excluding hydrogens is 296 g/mol. The average Bonchev–Trinajstić information content (AvgIpc) is 2.56. The van der Waals surface area contributed by atoms with Crippen molar-refractivity contribution in [3.05, 3.63) is 58.0 Å². The van der Waals surface area contributed by atoms with E-state index in [1.165, 1.54) is 10.6 Å². The minimum atomic E-state index is -0.301. The number of pyridine rings is 1. The van der Waals surface area contributed by atoms with Crippen LogP contribution in [0, 0.1) is 0 Å². The molecule has 1 heterocycles. The van der Waals surface area contributed by atoms with Crippen LogP contribution in [0.1, 0.15) is 28.9 Å². The van der Waals surface area contributed by atoms with Gasteiger partial charge in [-0.15, -0.1) is 0 Å². The second-order valence-corrected chi connectivity index (χ2v) is 5.17. The molecule has 6 heteroatoms. The normalized spacial score (nSPS) is 11.7. The predicted molar refractivity (Wildman–Crippen MR) is 87.1 cm³/mol. The van der Waals surface area contributed by atoms with E-state index in [0.29, 0.717) is 17.1 Å². The fourth-order valence-corrected chi connectivity index (χ4v) is 2.18. The van der Waals surface area contributed by atoms with Crippen molar-refractivity contribution in [3.8, 4) is 11.5 Å². The highest BCUT2D eigenvalue weighted by atomic mass is 16.5. The third-order valence-electron chi connectivity index (χ3n) is 3.62. The zero-order valence-electron chi connectivity index (χ0n) is 13.6. The molecule has 0 saturated carbocycles. The molecule has 1 aromatic carbocycles. The molecule has 0 aliphatic carbocycles. The highest BCUT2D eigenvalue weighted by molar-refractivity contribution is 5.94. The van der Waals surface area contributed by atoms with Crippen LogP contribution in [0.15, 0.2) is 41.3 Å². The Labute approximate surface area is 134 Å². The van der Waals surface area contributed by atoms with Gasteiger partial charge in [0.15, 0.2) is 11.5 Å². The number of rotatable bonds is 5. The highest BCUT2D eigenvalue weighted by Gasteiger charge is 2.14. The van der Waals surface area contributed by atoms with Crippen LogP contribution in [0.5, 0.6) is 11.5 Å². The Morgan fingerprint density at radius 1 is 1.13 bits per heavy atom. The molecule has 0 aliphatic heterocycles. The summed E-state index contributed by atoms with van der Waals surface area (Å²) < 4.78 is 11.9. The first kappa shape index (κ1) is 16.6. The number of ether oxygens (including phenoxy) is 2. The van der Waals surface area contributed by atoms with Gasteiger partial charge in [0.25, 0.3) is 11.5 Å². The first-order chi connectivity index (χ1) is 11.0. The third kappa shape index (κ3) is 3.71. The average molecular weight is 316 g/mol. The molecule has 122 valence electrons. The molecule has 0 unspecified atom stereocenters. The van der Waals surface area contributed by atoms with Crippen molar-refractivity contribution in [2.24, 2.45) is 7.05 Å². The third-order valence-corrected chi connectivity index (χ3v) is 3.62. The second kappa shape index (κ2) is 7.00. The van der Waals surface area contributed by atoms with Gasteiger partial charge >= 0.3 is 0 Å². The topological polar surface area (TPSA) is 69.6 Å². The van der Waals surface area contributed by atoms with E-state index in [1.54, 1.807) is 39.6 Å². The number of hydrogen-bond donors (Lipinski definition) is 1. The molecule has 1 N–H and O–H groups in total. The van der Waals surface area contributed by atoms with Crippen LogP contribution in [-0.2, 0) is 7.05 Å². The van der Waals surface area contributed by atoms with Gasteiger partial charge in [-0.25, -0.2) is 0 Å². The lowest BCUT2D eigenvalue weighted by atomic mass is 10.1. The van der Waals surface area contributed by atoms with Crippen molar-refractivity contribution >= 4 is 5.91 Å². The fraction of sp³-hybridized carbons (Fsp3) is 0.294. The van der Waals surface area contributed by atoms with Gasteiger partial charge in [-0.3, -0.25) is 9.59 Å². The van der Waals surface area contributed by atoms with E-state index < -0.39 is 0 Å². The van der Waals surface area contributed by atoms with E-state index in [1.807, 2.05) is 19.1 Å². The Kier molecular flexibility index (Phi) is 5.05. The van der Waals surface area contributed by atoms with Crippen molar-refractivity contribution in [1.29, 1.82) is 0 Å². The molecule has 6 nitrogen and oxygen atoms in total. The van der Waals surface area contributed by atoms with Crippen molar-refractivity contribution in [2.45, 2.75) is 13.0 Å². The van der Waals surface area contributed by atoms with Crippen LogP contribution in [0.25, 0.3) is 0 Å². The van der Waals surface area contributed by atoms with E-state index in [-0.39, 0.29) is 17.5 Å². The quantitative estimate of drug-likeness (QED) is 0.914. The molecular formula is C17H20N2O4. The van der Waals surface area contributed by atoms with E-state index in [9.17, 15) is 9.59 Å². The van der Waals surface area contributed by atoms with E-state index in [4.69, 9.17) is 9.47 Å². The number of carbonyl (C=O) groups is 1. The zero-order chi connectivity index (χ0) is 17.0. The minimum absolute atomic E-state index is 0.226. The summed E-state index contributed by atoms with van der Waals surface area (Å²) in [7, 11) is 4.76. The number of carbonyl (C=O) groups excluding carboxylic acids is 1. The lowest BCUT2D eigenvalue weighted by molar-refractivity contribution is 0.0939. The summed E-state index contributed by atoms with van der Waals surface area (Å²) in [6.07, 6.45) is 1.57. The molecule has 2 rings (SSSR count). The lowest BCUT2D eigenvalue weighted by Crippen LogP contribution is -2.28. The van der Waals surface area contributed by atoms with Gasteiger partial charge in [-0.1, -0.05) is 6.07 Å². The summed E-state index contributed by atoms with van der Waals surface area (Å²) in [5, 5.41) is 2.86. The number of hydrogen-bond acceptors (Lipinski definition) is 4. The Balaban J connectivity index is 2.17. The Hall–Kier alpha value is -2.76. The van der Waals surface area contributed by atoms with Crippen LogP contribution >= 0.6 is 0 Å². The first-order valence-electron chi connectivity index (χ1n) is 7.15. The summed E-state index contributed by atoms with van der Waals surface area (Å²) in [6, 6.07) is 8.14. The van der Waals surface area contributed by atoms with Crippen molar-refractivity contribution in [3.63, 3.8) is 0 Å². The van der Waals surface area contributed by atoms with Crippen LogP contribution in [0.4, 0.5) is 0 Å². The maximum atomic E-state index is 12.3. The molecule has 23 heavy (non-hydrogen) atoms. The van der Waals surface area contributed by atoms with Crippen LogP contribution in [0.3, 0.4) is 0 Å².